The Hall–Kier alpha value is -2.17. The number of hydrogen-bond acceptors (Lipinski definition) is 5. The van der Waals surface area contributed by atoms with Crippen molar-refractivity contribution in [3.8, 4) is 6.07 Å². The van der Waals surface area contributed by atoms with Crippen LogP contribution in [-0.4, -0.2) is 62.7 Å². The average molecular weight is 373 g/mol. The van der Waals surface area contributed by atoms with Crippen molar-refractivity contribution < 1.29 is 9.18 Å². The molecule has 1 heterocycles. The molecule has 0 bridgehead atoms. The molecule has 2 N–H and O–H groups in total. The molecule has 0 atom stereocenters. The summed E-state index contributed by atoms with van der Waals surface area (Å²) in [7, 11) is 1.69. The monoisotopic (exact) mass is 373 g/mol. The van der Waals surface area contributed by atoms with Crippen molar-refractivity contribution in [2.45, 2.75) is 37.8 Å². The SMILES string of the molecule is CN(CC(=O)NC1CCC(N2CCNCC2)CC1)c1ccc(C#N)cc1F. The molecule has 6 nitrogen and oxygen atoms in total. The lowest BCUT2D eigenvalue weighted by atomic mass is 9.90. The number of nitriles is 1. The number of carbonyl (C=O) groups excluding carboxylic acids is 1. The summed E-state index contributed by atoms with van der Waals surface area (Å²) in [6.45, 7) is 4.45. The van der Waals surface area contributed by atoms with Gasteiger partial charge >= 0.3 is 0 Å². The maximum absolute atomic E-state index is 14.1. The van der Waals surface area contributed by atoms with E-state index >= 15 is 0 Å². The van der Waals surface area contributed by atoms with Crippen molar-refractivity contribution in [2.24, 2.45) is 0 Å². The van der Waals surface area contributed by atoms with Crippen LogP contribution in [0.1, 0.15) is 31.2 Å². The summed E-state index contributed by atoms with van der Waals surface area (Å²) in [4.78, 5) is 16.5. The Morgan fingerprint density at radius 1 is 1.33 bits per heavy atom. The van der Waals surface area contributed by atoms with Gasteiger partial charge in [0.1, 0.15) is 5.82 Å². The number of carbonyl (C=O) groups is 1. The molecule has 2 fully saturated rings. The Kier molecular flexibility index (Phi) is 6.64. The lowest BCUT2D eigenvalue weighted by molar-refractivity contribution is -0.120. The van der Waals surface area contributed by atoms with Crippen LogP contribution in [0.4, 0.5) is 10.1 Å². The molecule has 0 unspecified atom stereocenters. The number of nitrogens with zero attached hydrogens (tertiary/aromatic N) is 3. The minimum atomic E-state index is -0.485. The lowest BCUT2D eigenvalue weighted by Crippen LogP contribution is -2.51. The van der Waals surface area contributed by atoms with Gasteiger partial charge in [-0.1, -0.05) is 0 Å². The van der Waals surface area contributed by atoms with Crippen molar-refractivity contribution in [2.75, 3.05) is 44.7 Å². The molecule has 1 amide bonds. The molecule has 1 aliphatic carbocycles. The molecule has 0 radical (unpaired) electrons. The predicted molar refractivity (Wildman–Crippen MR) is 103 cm³/mol. The molecule has 1 saturated carbocycles. The second kappa shape index (κ2) is 9.16. The summed E-state index contributed by atoms with van der Waals surface area (Å²) in [5, 5.41) is 15.3. The zero-order valence-electron chi connectivity index (χ0n) is 15.9. The third kappa shape index (κ3) is 5.18. The lowest BCUT2D eigenvalue weighted by Gasteiger charge is -2.39. The van der Waals surface area contributed by atoms with Gasteiger partial charge in [-0.2, -0.15) is 5.26 Å². The van der Waals surface area contributed by atoms with E-state index in [1.165, 1.54) is 6.07 Å². The van der Waals surface area contributed by atoms with E-state index in [-0.39, 0.29) is 24.1 Å². The summed E-state index contributed by atoms with van der Waals surface area (Å²) in [6.07, 6.45) is 4.22. The van der Waals surface area contributed by atoms with Gasteiger partial charge in [0.05, 0.1) is 23.9 Å². The topological polar surface area (TPSA) is 71.4 Å². The minimum absolute atomic E-state index is 0.0908. The fourth-order valence-electron chi connectivity index (χ4n) is 4.09. The number of hydrogen-bond donors (Lipinski definition) is 2. The van der Waals surface area contributed by atoms with Crippen LogP contribution >= 0.6 is 0 Å². The van der Waals surface area contributed by atoms with E-state index in [0.717, 1.165) is 51.9 Å². The summed E-state index contributed by atoms with van der Waals surface area (Å²) >= 11 is 0. The molecule has 146 valence electrons. The van der Waals surface area contributed by atoms with E-state index in [2.05, 4.69) is 15.5 Å². The standard InChI is InChI=1S/C20H28FN5O/c1-25(19-7-2-15(13-22)12-18(19)21)14-20(27)24-16-3-5-17(6-4-16)26-10-8-23-9-11-26/h2,7,12,16-17,23H,3-6,8-11,14H2,1H3,(H,24,27). The normalized spacial score (nSPS) is 23.4. The largest absolute Gasteiger partial charge is 0.363 e. The molecule has 0 spiro atoms. The Bertz CT molecular complexity index is 690. The number of anilines is 1. The average Bonchev–Trinajstić information content (AvgIpc) is 2.69. The van der Waals surface area contributed by atoms with Crippen molar-refractivity contribution >= 4 is 11.6 Å². The molecule has 0 aromatic heterocycles. The molecule has 7 heteroatoms. The number of likely N-dealkylation sites (N-methyl/N-ethyl adjacent to an activating group) is 1. The van der Waals surface area contributed by atoms with Crippen LogP contribution < -0.4 is 15.5 Å². The van der Waals surface area contributed by atoms with Crippen molar-refractivity contribution in [3.63, 3.8) is 0 Å². The van der Waals surface area contributed by atoms with Crippen molar-refractivity contribution in [1.29, 1.82) is 5.26 Å². The maximum atomic E-state index is 14.1. The maximum Gasteiger partial charge on any atom is 0.239 e. The van der Waals surface area contributed by atoms with Crippen LogP contribution in [0, 0.1) is 17.1 Å². The summed E-state index contributed by atoms with van der Waals surface area (Å²) in [6, 6.07) is 7.05. The number of benzene rings is 1. The van der Waals surface area contributed by atoms with Gasteiger partial charge in [0.15, 0.2) is 0 Å². The molecule has 27 heavy (non-hydrogen) atoms. The van der Waals surface area contributed by atoms with Gasteiger partial charge in [-0.15, -0.1) is 0 Å². The van der Waals surface area contributed by atoms with E-state index in [9.17, 15) is 9.18 Å². The van der Waals surface area contributed by atoms with Gasteiger partial charge in [0, 0.05) is 45.3 Å². The van der Waals surface area contributed by atoms with Gasteiger partial charge in [-0.25, -0.2) is 4.39 Å². The highest BCUT2D eigenvalue weighted by molar-refractivity contribution is 5.81. The minimum Gasteiger partial charge on any atom is -0.363 e. The number of amides is 1. The Balaban J connectivity index is 1.45. The highest BCUT2D eigenvalue weighted by Crippen LogP contribution is 2.24. The molecule has 3 rings (SSSR count). The molecule has 1 aromatic rings. The predicted octanol–water partition coefficient (Wildman–Crippen LogP) is 1.47. The number of nitrogens with one attached hydrogen (secondary N) is 2. The fraction of sp³-hybridized carbons (Fsp3) is 0.600. The Morgan fingerprint density at radius 3 is 2.67 bits per heavy atom. The molecule has 1 saturated heterocycles. The first-order chi connectivity index (χ1) is 13.1. The highest BCUT2D eigenvalue weighted by Gasteiger charge is 2.27. The molecular formula is C20H28FN5O. The number of halogens is 1. The van der Waals surface area contributed by atoms with Crippen LogP contribution in [0.2, 0.25) is 0 Å². The molecular weight excluding hydrogens is 345 g/mol. The Labute approximate surface area is 160 Å². The van der Waals surface area contributed by atoms with Crippen LogP contribution in [0.25, 0.3) is 0 Å². The van der Waals surface area contributed by atoms with Gasteiger partial charge in [0.2, 0.25) is 5.91 Å². The number of piperazine rings is 1. The first-order valence-corrected chi connectivity index (χ1v) is 9.71. The Morgan fingerprint density at radius 2 is 2.04 bits per heavy atom. The fourth-order valence-corrected chi connectivity index (χ4v) is 4.09. The second-order valence-corrected chi connectivity index (χ2v) is 7.49. The van der Waals surface area contributed by atoms with Crippen LogP contribution in [0.3, 0.4) is 0 Å². The smallest absolute Gasteiger partial charge is 0.239 e. The summed E-state index contributed by atoms with van der Waals surface area (Å²) < 4.78 is 14.1. The highest BCUT2D eigenvalue weighted by atomic mass is 19.1. The zero-order valence-corrected chi connectivity index (χ0v) is 15.9. The summed E-state index contributed by atoms with van der Waals surface area (Å²) in [5.41, 5.74) is 0.599. The van der Waals surface area contributed by atoms with Crippen LogP contribution in [-0.2, 0) is 4.79 Å². The van der Waals surface area contributed by atoms with Crippen LogP contribution in [0.5, 0.6) is 0 Å². The van der Waals surface area contributed by atoms with E-state index in [4.69, 9.17) is 5.26 Å². The van der Waals surface area contributed by atoms with Crippen molar-refractivity contribution in [1.82, 2.24) is 15.5 Å². The van der Waals surface area contributed by atoms with E-state index in [1.54, 1.807) is 24.1 Å². The third-order valence-corrected chi connectivity index (χ3v) is 5.60. The quantitative estimate of drug-likeness (QED) is 0.818. The zero-order chi connectivity index (χ0) is 19.2. The molecule has 1 aliphatic heterocycles. The first-order valence-electron chi connectivity index (χ1n) is 9.71. The third-order valence-electron chi connectivity index (χ3n) is 5.60. The van der Waals surface area contributed by atoms with E-state index in [0.29, 0.717) is 11.7 Å². The van der Waals surface area contributed by atoms with Gasteiger partial charge in [-0.3, -0.25) is 9.69 Å². The van der Waals surface area contributed by atoms with E-state index < -0.39 is 5.82 Å². The second-order valence-electron chi connectivity index (χ2n) is 7.49. The van der Waals surface area contributed by atoms with E-state index in [1.807, 2.05) is 6.07 Å². The van der Waals surface area contributed by atoms with Gasteiger partial charge < -0.3 is 15.5 Å². The molecule has 2 aliphatic rings. The summed E-state index contributed by atoms with van der Waals surface area (Å²) in [5.74, 6) is -0.576. The van der Waals surface area contributed by atoms with Crippen molar-refractivity contribution in [3.05, 3.63) is 29.6 Å². The van der Waals surface area contributed by atoms with Crippen LogP contribution in [0.15, 0.2) is 18.2 Å². The number of rotatable bonds is 5. The molecule has 1 aromatic carbocycles. The first kappa shape index (κ1) is 19.6. The van der Waals surface area contributed by atoms with Gasteiger partial charge in [-0.05, 0) is 43.9 Å². The van der Waals surface area contributed by atoms with Gasteiger partial charge in [0.25, 0.3) is 0 Å².